The Balaban J connectivity index is 2.67. The number of nitrogens with zero attached hydrogens (tertiary/aromatic N) is 4. The van der Waals surface area contributed by atoms with E-state index < -0.39 is 0 Å². The molecule has 1 N–H and O–H groups in total. The van der Waals surface area contributed by atoms with Crippen LogP contribution in [-0.4, -0.2) is 18.8 Å². The van der Waals surface area contributed by atoms with Crippen LogP contribution in [0.1, 0.15) is 6.92 Å². The van der Waals surface area contributed by atoms with Crippen LogP contribution in [0.25, 0.3) is 22.1 Å². The van der Waals surface area contributed by atoms with Crippen molar-refractivity contribution in [1.29, 1.82) is 0 Å². The van der Waals surface area contributed by atoms with E-state index in [0.717, 1.165) is 22.1 Å². The molecule has 0 radical (unpaired) electrons. The molecule has 0 unspecified atom stereocenters. The van der Waals surface area contributed by atoms with Gasteiger partial charge in [0.1, 0.15) is 5.39 Å². The number of H-pyrrole nitrogens is 1. The Bertz CT molecular complexity index is 916. The van der Waals surface area contributed by atoms with Crippen molar-refractivity contribution in [2.24, 2.45) is 14.1 Å². The zero-order chi connectivity index (χ0) is 13.7. The minimum absolute atomic E-state index is 0.321. The van der Waals surface area contributed by atoms with Gasteiger partial charge in [0.05, 0.1) is 18.1 Å². The third-order valence-corrected chi connectivity index (χ3v) is 3.47. The third-order valence-electron chi connectivity index (χ3n) is 3.47. The molecule has 3 heterocycles. The Morgan fingerprint density at radius 3 is 2.68 bits per heavy atom. The summed E-state index contributed by atoms with van der Waals surface area (Å²) >= 11 is 0. The summed E-state index contributed by atoms with van der Waals surface area (Å²) in [6, 6.07) is 1.87. The van der Waals surface area contributed by atoms with Crippen LogP contribution in [0.15, 0.2) is 21.9 Å². The van der Waals surface area contributed by atoms with Gasteiger partial charge in [-0.05, 0) is 13.0 Å². The van der Waals surface area contributed by atoms with Gasteiger partial charge in [0, 0.05) is 14.1 Å². The van der Waals surface area contributed by atoms with Crippen molar-refractivity contribution < 1.29 is 5.10 Å². The Kier molecular flexibility index (Phi) is 2.31. The molecule has 3 rings (SSSR count). The van der Waals surface area contributed by atoms with Gasteiger partial charge in [-0.15, -0.1) is 5.10 Å². The summed E-state index contributed by atoms with van der Waals surface area (Å²) in [5.41, 5.74) is 0.450. The molecular weight excluding hydrogens is 246 g/mol. The number of aromatic amines is 1. The second-order valence-electron chi connectivity index (χ2n) is 4.49. The van der Waals surface area contributed by atoms with Crippen LogP contribution in [0.5, 0.6) is 0 Å². The highest BCUT2D eigenvalue weighted by Gasteiger charge is 2.18. The van der Waals surface area contributed by atoms with E-state index in [-0.39, 0.29) is 11.2 Å². The molecule has 0 fully saturated rings. The zero-order valence-corrected chi connectivity index (χ0v) is 11.0. The summed E-state index contributed by atoms with van der Waals surface area (Å²) in [6.45, 7) is 2.79. The highest BCUT2D eigenvalue weighted by Crippen LogP contribution is 2.16. The quantitative estimate of drug-likeness (QED) is 0.587. The van der Waals surface area contributed by atoms with E-state index in [4.69, 9.17) is 0 Å². The smallest absolute Gasteiger partial charge is 0.277 e. The van der Waals surface area contributed by atoms with E-state index in [9.17, 15) is 9.59 Å². The molecule has 7 nitrogen and oxygen atoms in total. The summed E-state index contributed by atoms with van der Waals surface area (Å²) < 4.78 is 4.44. The summed E-state index contributed by atoms with van der Waals surface area (Å²) in [5, 5.41) is 8.31. The monoisotopic (exact) mass is 260 g/mol. The van der Waals surface area contributed by atoms with Gasteiger partial charge >= 0.3 is 11.3 Å². The zero-order valence-electron chi connectivity index (χ0n) is 11.0. The largest absolute Gasteiger partial charge is 0.332 e. The lowest BCUT2D eigenvalue weighted by Crippen LogP contribution is -2.38. The molecule has 3 aromatic heterocycles. The molecule has 0 saturated carbocycles. The molecule has 3 aromatic rings. The maximum atomic E-state index is 12.3. The number of aromatic nitrogens is 5. The number of nitrogens with one attached hydrogen (secondary N) is 1. The van der Waals surface area contributed by atoms with E-state index in [2.05, 4.69) is 10.2 Å². The van der Waals surface area contributed by atoms with Crippen LogP contribution in [0.2, 0.25) is 0 Å². The van der Waals surface area contributed by atoms with Gasteiger partial charge in [0.25, 0.3) is 5.56 Å². The average molecular weight is 260 g/mol. The first-order valence-electron chi connectivity index (χ1n) is 6.02. The average Bonchev–Trinajstić information content (AvgIpc) is 2.84. The molecule has 0 amide bonds. The SMILES string of the molecule is CCn1ccc2c3c(=O)n(C)c(=O)n(C)c3n[nH+]c21. The van der Waals surface area contributed by atoms with Crippen molar-refractivity contribution >= 4 is 22.1 Å². The molecule has 0 atom stereocenters. The molecule has 7 heteroatoms. The first-order chi connectivity index (χ1) is 9.06. The van der Waals surface area contributed by atoms with Crippen LogP contribution in [-0.2, 0) is 20.6 Å². The van der Waals surface area contributed by atoms with Crippen LogP contribution in [0.3, 0.4) is 0 Å². The molecule has 0 saturated heterocycles. The maximum absolute atomic E-state index is 12.3. The van der Waals surface area contributed by atoms with Crippen molar-refractivity contribution in [2.45, 2.75) is 13.5 Å². The lowest BCUT2D eigenvalue weighted by atomic mass is 10.2. The van der Waals surface area contributed by atoms with Crippen LogP contribution < -0.4 is 16.3 Å². The molecular formula is C12H14N5O2+. The van der Waals surface area contributed by atoms with Gasteiger partial charge < -0.3 is 0 Å². The van der Waals surface area contributed by atoms with E-state index in [1.54, 1.807) is 7.05 Å². The number of hydrogen-bond donors (Lipinski definition) is 0. The molecule has 0 aliphatic heterocycles. The molecule has 98 valence electrons. The second-order valence-corrected chi connectivity index (χ2v) is 4.49. The fourth-order valence-electron chi connectivity index (χ4n) is 2.37. The third kappa shape index (κ3) is 1.38. The second kappa shape index (κ2) is 3.78. The summed E-state index contributed by atoms with van der Waals surface area (Å²) in [5.74, 6) is 0. The first kappa shape index (κ1) is 11.6. The van der Waals surface area contributed by atoms with Gasteiger partial charge in [-0.1, -0.05) is 5.10 Å². The highest BCUT2D eigenvalue weighted by molar-refractivity contribution is 5.99. The summed E-state index contributed by atoms with van der Waals surface area (Å²) in [7, 11) is 3.08. The van der Waals surface area contributed by atoms with Crippen LogP contribution >= 0.6 is 0 Å². The fraction of sp³-hybridized carbons (Fsp3) is 0.333. The predicted octanol–water partition coefficient (Wildman–Crippen LogP) is -0.579. The minimum atomic E-state index is -0.382. The van der Waals surface area contributed by atoms with Gasteiger partial charge in [-0.3, -0.25) is 13.9 Å². The molecule has 0 aromatic carbocycles. The number of hydrogen-bond acceptors (Lipinski definition) is 3. The van der Waals surface area contributed by atoms with Crippen molar-refractivity contribution in [1.82, 2.24) is 18.8 Å². The van der Waals surface area contributed by atoms with Crippen LogP contribution in [0, 0.1) is 0 Å². The van der Waals surface area contributed by atoms with E-state index >= 15 is 0 Å². The van der Waals surface area contributed by atoms with E-state index in [1.165, 1.54) is 11.6 Å². The fourth-order valence-corrected chi connectivity index (χ4v) is 2.37. The lowest BCUT2D eigenvalue weighted by molar-refractivity contribution is -0.425. The minimum Gasteiger partial charge on any atom is -0.277 e. The van der Waals surface area contributed by atoms with Crippen LogP contribution in [0.4, 0.5) is 0 Å². The Morgan fingerprint density at radius 1 is 1.26 bits per heavy atom. The molecule has 0 bridgehead atoms. The summed E-state index contributed by atoms with van der Waals surface area (Å²) in [6.07, 6.45) is 1.90. The standard InChI is InChI=1S/C12H13N5O2/c1-4-17-6-5-7-8-10(14-13-9(7)17)15(2)12(19)16(3)11(8)18/h5-6H,4H2,1-3H3/p+1. The topological polar surface area (TPSA) is 76.0 Å². The van der Waals surface area contributed by atoms with Gasteiger partial charge in [0.15, 0.2) is 5.65 Å². The Hall–Kier alpha value is -2.44. The maximum Gasteiger partial charge on any atom is 0.332 e. The number of aryl methyl sites for hydroxylation is 2. The highest BCUT2D eigenvalue weighted by atomic mass is 16.2. The molecule has 0 aliphatic rings. The van der Waals surface area contributed by atoms with Crippen molar-refractivity contribution in [3.05, 3.63) is 33.1 Å². The number of rotatable bonds is 1. The first-order valence-corrected chi connectivity index (χ1v) is 6.02. The van der Waals surface area contributed by atoms with Crippen molar-refractivity contribution in [3.63, 3.8) is 0 Å². The number of fused-ring (bicyclic) bond motifs is 3. The lowest BCUT2D eigenvalue weighted by Gasteiger charge is -2.04. The summed E-state index contributed by atoms with van der Waals surface area (Å²) in [4.78, 5) is 24.2. The predicted molar refractivity (Wildman–Crippen MR) is 70.0 cm³/mol. The van der Waals surface area contributed by atoms with Crippen molar-refractivity contribution in [2.75, 3.05) is 0 Å². The molecule has 0 aliphatic carbocycles. The molecule has 19 heavy (non-hydrogen) atoms. The Morgan fingerprint density at radius 2 is 2.00 bits per heavy atom. The Labute approximate surface area is 107 Å². The van der Waals surface area contributed by atoms with E-state index in [0.29, 0.717) is 11.0 Å². The molecule has 0 spiro atoms. The van der Waals surface area contributed by atoms with Gasteiger partial charge in [-0.2, -0.15) is 0 Å². The van der Waals surface area contributed by atoms with Gasteiger partial charge in [-0.25, -0.2) is 9.36 Å². The van der Waals surface area contributed by atoms with Gasteiger partial charge in [0.2, 0.25) is 0 Å². The van der Waals surface area contributed by atoms with E-state index in [1.807, 2.05) is 23.8 Å². The van der Waals surface area contributed by atoms with Crippen molar-refractivity contribution in [3.8, 4) is 0 Å². The normalized spacial score (nSPS) is 11.5.